The smallest absolute Gasteiger partial charge is 0.284 e. The third kappa shape index (κ3) is 7.95. The van der Waals surface area contributed by atoms with Crippen molar-refractivity contribution >= 4 is 36.0 Å². The lowest BCUT2D eigenvalue weighted by molar-refractivity contribution is 0.328. The fraction of sp³-hybridized carbons (Fsp3) is 0.250. The zero-order valence-corrected chi connectivity index (χ0v) is 13.5. The molecule has 0 saturated heterocycles. The summed E-state index contributed by atoms with van der Waals surface area (Å²) in [6.45, 7) is 0. The second kappa shape index (κ2) is 6.85. The Hall–Kier alpha value is -1.65. The van der Waals surface area contributed by atoms with Crippen molar-refractivity contribution in [3.05, 3.63) is 24.3 Å². The molecule has 0 aliphatic rings. The molecule has 0 bridgehead atoms. The Balaban J connectivity index is 3.00. The van der Waals surface area contributed by atoms with E-state index in [9.17, 15) is 25.3 Å². The van der Waals surface area contributed by atoms with E-state index in [-0.39, 0.29) is 10.7 Å². The maximum atomic E-state index is 10.8. The minimum atomic E-state index is -4.64. The Morgan fingerprint density at radius 2 is 1.26 bits per heavy atom. The van der Waals surface area contributed by atoms with Gasteiger partial charge in [-0.2, -0.15) is 25.3 Å². The van der Waals surface area contributed by atoms with Crippen LogP contribution in [0.1, 0.15) is 0 Å². The van der Waals surface area contributed by atoms with Gasteiger partial charge in [-0.3, -0.25) is 13.7 Å². The molecule has 0 atom stereocenters. The molecule has 1 aromatic carbocycles. The highest BCUT2D eigenvalue weighted by Gasteiger charge is 2.18. The molecule has 0 aliphatic heterocycles. The van der Waals surface area contributed by atoms with Gasteiger partial charge in [-0.05, 0) is 24.3 Å². The summed E-state index contributed by atoms with van der Waals surface area (Å²) in [6.07, 6.45) is 0. The zero-order valence-electron chi connectivity index (χ0n) is 11.1. The first kappa shape index (κ1) is 19.4. The van der Waals surface area contributed by atoms with Crippen LogP contribution in [-0.4, -0.2) is 55.7 Å². The number of benzene rings is 1. The van der Waals surface area contributed by atoms with Crippen molar-refractivity contribution in [3.8, 4) is 0 Å². The van der Waals surface area contributed by atoms with Gasteiger partial charge in [-0.25, -0.2) is 5.01 Å². The van der Waals surface area contributed by atoms with Crippen molar-refractivity contribution in [3.63, 3.8) is 0 Å². The van der Waals surface area contributed by atoms with Crippen molar-refractivity contribution < 1.29 is 38.9 Å². The van der Waals surface area contributed by atoms with Crippen LogP contribution in [0.15, 0.2) is 39.5 Å². The predicted octanol–water partition coefficient (Wildman–Crippen LogP) is -0.0754. The first-order valence-electron chi connectivity index (χ1n) is 5.41. The van der Waals surface area contributed by atoms with Gasteiger partial charge >= 0.3 is 0 Å². The Labute approximate surface area is 131 Å². The summed E-state index contributed by atoms with van der Waals surface area (Å²) in [4.78, 5) is -0.427. The molecular weight excluding hydrogens is 378 g/mol. The minimum Gasteiger partial charge on any atom is -0.284 e. The van der Waals surface area contributed by atoms with E-state index < -0.39 is 47.0 Å². The summed E-state index contributed by atoms with van der Waals surface area (Å²) in [6, 6.07) is 4.12. The fourth-order valence-electron chi connectivity index (χ4n) is 1.27. The van der Waals surface area contributed by atoms with E-state index in [0.717, 1.165) is 24.3 Å². The average molecular weight is 389 g/mol. The maximum absolute atomic E-state index is 10.8. The van der Waals surface area contributed by atoms with Crippen LogP contribution in [0.25, 0.3) is 0 Å². The minimum absolute atomic E-state index is 0.0203. The largest absolute Gasteiger partial charge is 0.294 e. The molecule has 0 saturated carbocycles. The van der Waals surface area contributed by atoms with Crippen LogP contribution in [-0.2, 0) is 30.4 Å². The summed E-state index contributed by atoms with van der Waals surface area (Å²) in [5.41, 5.74) is -0.0203. The Morgan fingerprint density at radius 3 is 1.61 bits per heavy atom. The van der Waals surface area contributed by atoms with Gasteiger partial charge in [-0.15, -0.1) is 5.11 Å². The van der Waals surface area contributed by atoms with Crippen LogP contribution in [0.5, 0.6) is 0 Å². The normalized spacial score (nSPS) is 13.3. The van der Waals surface area contributed by atoms with Crippen LogP contribution in [0.4, 0.5) is 5.69 Å². The number of hydrogen-bond donors (Lipinski definition) is 3. The van der Waals surface area contributed by atoms with Crippen LogP contribution < -0.4 is 0 Å². The fourth-order valence-corrected chi connectivity index (χ4v) is 2.90. The summed E-state index contributed by atoms with van der Waals surface area (Å²) < 4.78 is 90.7. The molecule has 15 heteroatoms. The first-order chi connectivity index (χ1) is 10.3. The third-order valence-electron chi connectivity index (χ3n) is 2.05. The number of rotatable bonds is 7. The van der Waals surface area contributed by atoms with E-state index in [4.69, 9.17) is 13.7 Å². The van der Waals surface area contributed by atoms with Gasteiger partial charge in [0.1, 0.15) is 0 Å². The molecular formula is C8H11N3O9S3. The molecule has 130 valence electrons. The van der Waals surface area contributed by atoms with Crippen molar-refractivity contribution in [2.75, 3.05) is 11.8 Å². The average Bonchev–Trinajstić information content (AvgIpc) is 2.31. The van der Waals surface area contributed by atoms with Crippen molar-refractivity contribution in [1.82, 2.24) is 5.01 Å². The molecule has 23 heavy (non-hydrogen) atoms. The van der Waals surface area contributed by atoms with Crippen molar-refractivity contribution in [2.24, 2.45) is 10.3 Å². The van der Waals surface area contributed by atoms with Crippen LogP contribution >= 0.6 is 0 Å². The maximum Gasteiger partial charge on any atom is 0.294 e. The molecule has 0 radical (unpaired) electrons. The number of hydrogen-bond acceptors (Lipinski definition) is 8. The lowest BCUT2D eigenvalue weighted by Crippen LogP contribution is -2.29. The van der Waals surface area contributed by atoms with Gasteiger partial charge in [0.05, 0.1) is 10.6 Å². The van der Waals surface area contributed by atoms with Gasteiger partial charge in [0.15, 0.2) is 11.8 Å². The number of nitrogens with zero attached hydrogens (tertiary/aromatic N) is 3. The van der Waals surface area contributed by atoms with Crippen LogP contribution in [0, 0.1) is 0 Å². The van der Waals surface area contributed by atoms with Gasteiger partial charge < -0.3 is 0 Å². The van der Waals surface area contributed by atoms with E-state index in [2.05, 4.69) is 10.3 Å². The highest BCUT2D eigenvalue weighted by atomic mass is 32.2. The summed E-state index contributed by atoms with van der Waals surface area (Å²) in [5, 5.41) is 6.90. The molecule has 0 amide bonds. The van der Waals surface area contributed by atoms with Gasteiger partial charge in [0.2, 0.25) is 0 Å². The first-order valence-corrected chi connectivity index (χ1v) is 10.1. The topological polar surface area (TPSA) is 191 Å². The summed E-state index contributed by atoms with van der Waals surface area (Å²) in [5.74, 6) is -2.50. The van der Waals surface area contributed by atoms with E-state index in [0.29, 0.717) is 0 Å². The molecule has 1 aromatic rings. The van der Waals surface area contributed by atoms with E-state index >= 15 is 0 Å². The van der Waals surface area contributed by atoms with Crippen LogP contribution in [0.2, 0.25) is 0 Å². The molecule has 12 nitrogen and oxygen atoms in total. The SMILES string of the molecule is O=S(=O)(O)CN(CS(=O)(=O)O)N=Nc1ccc(S(=O)(=O)O)cc1. The third-order valence-corrected chi connectivity index (χ3v) is 4.16. The zero-order chi connectivity index (χ0) is 17.9. The Kier molecular flexibility index (Phi) is 5.78. The van der Waals surface area contributed by atoms with E-state index in [1.54, 1.807) is 0 Å². The second-order valence-electron chi connectivity index (χ2n) is 4.09. The lowest BCUT2D eigenvalue weighted by atomic mass is 10.3. The molecule has 0 fully saturated rings. The van der Waals surface area contributed by atoms with E-state index in [1.807, 2.05) is 0 Å². The summed E-state index contributed by atoms with van der Waals surface area (Å²) in [7, 11) is -13.7. The quantitative estimate of drug-likeness (QED) is 0.323. The molecule has 0 heterocycles. The van der Waals surface area contributed by atoms with Gasteiger partial charge in [-0.1, -0.05) is 5.22 Å². The Bertz CT molecular complexity index is 854. The standard InChI is InChI=1S/C8H11N3O9S3/c12-21(13,14)5-11(6-22(15,16)17)10-9-7-1-3-8(4-2-7)23(18,19)20/h1-4H,5-6H2,(H,12,13,14)(H,15,16,17)(H,18,19,20). The molecule has 0 aliphatic carbocycles. The second-order valence-corrected chi connectivity index (χ2v) is 8.35. The highest BCUT2D eigenvalue weighted by Crippen LogP contribution is 2.17. The monoisotopic (exact) mass is 389 g/mol. The summed E-state index contributed by atoms with van der Waals surface area (Å²) >= 11 is 0. The molecule has 3 N–H and O–H groups in total. The predicted molar refractivity (Wildman–Crippen MR) is 75.4 cm³/mol. The van der Waals surface area contributed by atoms with Crippen molar-refractivity contribution in [2.45, 2.75) is 4.90 Å². The highest BCUT2D eigenvalue weighted by molar-refractivity contribution is 7.86. The van der Waals surface area contributed by atoms with Crippen molar-refractivity contribution in [1.29, 1.82) is 0 Å². The van der Waals surface area contributed by atoms with E-state index in [1.165, 1.54) is 0 Å². The van der Waals surface area contributed by atoms with Gasteiger partial charge in [0, 0.05) is 0 Å². The molecule has 0 aromatic heterocycles. The van der Waals surface area contributed by atoms with Crippen LogP contribution in [0.3, 0.4) is 0 Å². The molecule has 1 rings (SSSR count). The Morgan fingerprint density at radius 1 is 0.826 bits per heavy atom. The lowest BCUT2D eigenvalue weighted by Gasteiger charge is -2.13. The van der Waals surface area contributed by atoms with Gasteiger partial charge in [0.25, 0.3) is 30.4 Å². The molecule has 0 unspecified atom stereocenters. The molecule has 0 spiro atoms.